The van der Waals surface area contributed by atoms with E-state index in [0.29, 0.717) is 0 Å². The number of benzene rings is 1. The van der Waals surface area contributed by atoms with Gasteiger partial charge in [0.2, 0.25) is 12.9 Å². The minimum absolute atomic E-state index is 0.00562. The SMILES string of the molecule is O=C(OCCO[N+](=O)[O-])OCOC(=O)C1=Cc2cc(Cl)cc(Cl)c2O[C@@H]1C(F)(F)F. The van der Waals surface area contributed by atoms with E-state index in [1.54, 1.807) is 0 Å². The number of halogens is 5. The van der Waals surface area contributed by atoms with Crippen LogP contribution in [0.5, 0.6) is 5.75 Å². The standard InChI is InChI=1S/C15H10Cl2F3NO9/c16-8-3-7-4-9(12(15(18,19)20)30-11(7)10(17)5-8)13(22)27-6-28-14(23)26-1-2-29-21(24)25/h3-5,12H,1-2,6H2/t12-/m0/s1. The summed E-state index contributed by atoms with van der Waals surface area (Å²) in [4.78, 5) is 37.0. The lowest BCUT2D eigenvalue weighted by Gasteiger charge is -2.28. The van der Waals surface area contributed by atoms with Gasteiger partial charge in [-0.2, -0.15) is 13.2 Å². The molecule has 1 aromatic carbocycles. The molecule has 1 atom stereocenters. The molecular weight excluding hydrogens is 466 g/mol. The first-order valence-corrected chi connectivity index (χ1v) is 8.42. The highest BCUT2D eigenvalue weighted by Gasteiger charge is 2.49. The fraction of sp³-hybridized carbons (Fsp3) is 0.333. The number of hydrogen-bond acceptors (Lipinski definition) is 9. The molecule has 0 aliphatic carbocycles. The first kappa shape index (κ1) is 23.3. The highest BCUT2D eigenvalue weighted by Crippen LogP contribution is 2.42. The van der Waals surface area contributed by atoms with E-state index in [-0.39, 0.29) is 21.4 Å². The molecule has 0 radical (unpaired) electrons. The lowest BCUT2D eigenvalue weighted by molar-refractivity contribution is -0.757. The smallest absolute Gasteiger partial charge is 0.474 e. The predicted octanol–water partition coefficient (Wildman–Crippen LogP) is 3.56. The van der Waals surface area contributed by atoms with E-state index in [0.717, 1.165) is 6.08 Å². The Labute approximate surface area is 175 Å². The van der Waals surface area contributed by atoms with Gasteiger partial charge in [0.25, 0.3) is 5.09 Å². The number of nitrogens with zero attached hydrogens (tertiary/aromatic N) is 1. The largest absolute Gasteiger partial charge is 0.511 e. The first-order valence-electron chi connectivity index (χ1n) is 7.67. The molecule has 15 heteroatoms. The second-order valence-corrected chi connectivity index (χ2v) is 6.14. The van der Waals surface area contributed by atoms with Crippen molar-refractivity contribution in [3.63, 3.8) is 0 Å². The van der Waals surface area contributed by atoms with E-state index in [9.17, 15) is 32.9 Å². The van der Waals surface area contributed by atoms with E-state index < -0.39 is 55.1 Å². The van der Waals surface area contributed by atoms with Gasteiger partial charge in [0.05, 0.1) is 10.6 Å². The van der Waals surface area contributed by atoms with Crippen LogP contribution in [0.25, 0.3) is 6.08 Å². The monoisotopic (exact) mass is 475 g/mol. The Morgan fingerprint density at radius 2 is 1.87 bits per heavy atom. The highest BCUT2D eigenvalue weighted by atomic mass is 35.5. The van der Waals surface area contributed by atoms with Crippen LogP contribution in [-0.2, 0) is 23.8 Å². The molecule has 1 aliphatic heterocycles. The average Bonchev–Trinajstić information content (AvgIpc) is 2.63. The van der Waals surface area contributed by atoms with Crippen LogP contribution in [-0.4, -0.2) is 49.5 Å². The quantitative estimate of drug-likeness (QED) is 0.191. The highest BCUT2D eigenvalue weighted by molar-refractivity contribution is 6.36. The van der Waals surface area contributed by atoms with Crippen LogP contribution in [0.2, 0.25) is 10.0 Å². The molecule has 0 fully saturated rings. The summed E-state index contributed by atoms with van der Waals surface area (Å²) < 4.78 is 58.0. The van der Waals surface area contributed by atoms with Gasteiger partial charge in [-0.15, -0.1) is 10.1 Å². The zero-order valence-electron chi connectivity index (χ0n) is 14.4. The van der Waals surface area contributed by atoms with Crippen LogP contribution < -0.4 is 4.74 Å². The van der Waals surface area contributed by atoms with E-state index in [4.69, 9.17) is 27.9 Å². The molecule has 1 aromatic rings. The van der Waals surface area contributed by atoms with Crippen molar-refractivity contribution >= 4 is 41.4 Å². The number of esters is 1. The summed E-state index contributed by atoms with van der Waals surface area (Å²) >= 11 is 11.6. The molecule has 0 saturated heterocycles. The summed E-state index contributed by atoms with van der Waals surface area (Å²) in [6.07, 6.45) is -8.26. The van der Waals surface area contributed by atoms with E-state index >= 15 is 0 Å². The Balaban J connectivity index is 2.02. The molecule has 30 heavy (non-hydrogen) atoms. The zero-order chi connectivity index (χ0) is 22.5. The second-order valence-electron chi connectivity index (χ2n) is 5.29. The topological polar surface area (TPSA) is 123 Å². The Morgan fingerprint density at radius 1 is 1.17 bits per heavy atom. The number of carbonyl (C=O) groups is 2. The lowest BCUT2D eigenvalue weighted by atomic mass is 10.0. The Kier molecular flexibility index (Phi) is 7.56. The summed E-state index contributed by atoms with van der Waals surface area (Å²) in [5, 5.41) is 8.67. The van der Waals surface area contributed by atoms with Crippen LogP contribution in [0.4, 0.5) is 18.0 Å². The number of ether oxygens (including phenoxy) is 4. The van der Waals surface area contributed by atoms with Crippen LogP contribution in [0.1, 0.15) is 5.56 Å². The minimum atomic E-state index is -5.00. The molecular formula is C15H10Cl2F3NO9. The van der Waals surface area contributed by atoms with Gasteiger partial charge in [0.1, 0.15) is 19.0 Å². The maximum Gasteiger partial charge on any atom is 0.511 e. The molecule has 1 heterocycles. The number of carbonyl (C=O) groups excluding carboxylic acids is 2. The van der Waals surface area contributed by atoms with Gasteiger partial charge in [-0.3, -0.25) is 0 Å². The van der Waals surface area contributed by atoms with Gasteiger partial charge >= 0.3 is 18.3 Å². The number of hydrogen-bond donors (Lipinski definition) is 0. The van der Waals surface area contributed by atoms with Gasteiger partial charge in [0, 0.05) is 10.6 Å². The van der Waals surface area contributed by atoms with Gasteiger partial charge in [-0.1, -0.05) is 23.2 Å². The van der Waals surface area contributed by atoms with Gasteiger partial charge in [-0.05, 0) is 18.2 Å². The van der Waals surface area contributed by atoms with Gasteiger partial charge in [-0.25, -0.2) is 9.59 Å². The van der Waals surface area contributed by atoms with Crippen molar-refractivity contribution in [2.45, 2.75) is 12.3 Å². The fourth-order valence-corrected chi connectivity index (χ4v) is 2.69. The van der Waals surface area contributed by atoms with Crippen molar-refractivity contribution in [1.82, 2.24) is 0 Å². The molecule has 0 bridgehead atoms. The Morgan fingerprint density at radius 3 is 2.50 bits per heavy atom. The summed E-state index contributed by atoms with van der Waals surface area (Å²) in [5.74, 6) is -1.82. The summed E-state index contributed by atoms with van der Waals surface area (Å²) in [6.45, 7) is -2.23. The number of rotatable bonds is 7. The summed E-state index contributed by atoms with van der Waals surface area (Å²) in [7, 11) is 0. The van der Waals surface area contributed by atoms with E-state index in [1.165, 1.54) is 12.1 Å². The van der Waals surface area contributed by atoms with Crippen molar-refractivity contribution in [1.29, 1.82) is 0 Å². The van der Waals surface area contributed by atoms with Crippen LogP contribution in [0, 0.1) is 10.1 Å². The van der Waals surface area contributed by atoms with Crippen molar-refractivity contribution in [2.24, 2.45) is 0 Å². The average molecular weight is 476 g/mol. The molecule has 0 unspecified atom stereocenters. The molecule has 10 nitrogen and oxygen atoms in total. The predicted molar refractivity (Wildman–Crippen MR) is 91.2 cm³/mol. The van der Waals surface area contributed by atoms with Gasteiger partial charge in [0.15, 0.2) is 0 Å². The van der Waals surface area contributed by atoms with Crippen LogP contribution >= 0.6 is 23.2 Å². The van der Waals surface area contributed by atoms with Crippen molar-refractivity contribution in [3.05, 3.63) is 43.4 Å². The van der Waals surface area contributed by atoms with Crippen molar-refractivity contribution in [2.75, 3.05) is 20.0 Å². The van der Waals surface area contributed by atoms with Crippen molar-refractivity contribution in [3.8, 4) is 5.75 Å². The van der Waals surface area contributed by atoms with E-state index in [1.807, 2.05) is 0 Å². The molecule has 0 amide bonds. The summed E-state index contributed by atoms with van der Waals surface area (Å²) in [5.41, 5.74) is -0.934. The van der Waals surface area contributed by atoms with Crippen molar-refractivity contribution < 1.29 is 51.6 Å². The Bertz CT molecular complexity index is 876. The minimum Gasteiger partial charge on any atom is -0.474 e. The molecule has 0 aromatic heterocycles. The lowest BCUT2D eigenvalue weighted by Crippen LogP contribution is -2.41. The van der Waals surface area contributed by atoms with Gasteiger partial charge < -0.3 is 23.8 Å². The van der Waals surface area contributed by atoms with Crippen LogP contribution in [0.3, 0.4) is 0 Å². The third kappa shape index (κ3) is 6.29. The first-order chi connectivity index (χ1) is 14.0. The third-order valence-corrected chi connectivity index (χ3v) is 3.76. The normalized spacial score (nSPS) is 15.2. The van der Waals surface area contributed by atoms with E-state index in [2.05, 4.69) is 19.0 Å². The molecule has 1 aliphatic rings. The molecule has 2 rings (SSSR count). The Hall–Kier alpha value is -2.93. The molecule has 0 saturated carbocycles. The molecule has 0 spiro atoms. The van der Waals surface area contributed by atoms with Crippen LogP contribution in [0.15, 0.2) is 17.7 Å². The molecule has 0 N–H and O–H groups in total. The maximum absolute atomic E-state index is 13.3. The number of alkyl halides is 3. The fourth-order valence-electron chi connectivity index (χ4n) is 2.14. The maximum atomic E-state index is 13.3. The zero-order valence-corrected chi connectivity index (χ0v) is 16.0. The second kappa shape index (κ2) is 9.71. The summed E-state index contributed by atoms with van der Waals surface area (Å²) in [6, 6.07) is 2.40. The molecule has 164 valence electrons. The number of fused-ring (bicyclic) bond motifs is 1. The third-order valence-electron chi connectivity index (χ3n) is 3.27.